The van der Waals surface area contributed by atoms with E-state index < -0.39 is 45.6 Å². The lowest BCUT2D eigenvalue weighted by molar-refractivity contribution is -0.387. The molecule has 3 rings (SSSR count). The van der Waals surface area contributed by atoms with Crippen molar-refractivity contribution in [2.75, 3.05) is 0 Å². The van der Waals surface area contributed by atoms with E-state index in [9.17, 15) is 28.1 Å². The lowest BCUT2D eigenvalue weighted by atomic mass is 9.98. The van der Waals surface area contributed by atoms with Crippen molar-refractivity contribution in [3.63, 3.8) is 0 Å². The van der Waals surface area contributed by atoms with Crippen LogP contribution in [-0.2, 0) is 0 Å². The third-order valence-corrected chi connectivity index (χ3v) is 4.09. The van der Waals surface area contributed by atoms with Crippen molar-refractivity contribution in [3.05, 3.63) is 111 Å². The van der Waals surface area contributed by atoms with Crippen LogP contribution in [0.15, 0.2) is 66.7 Å². The number of carbonyl (C=O) groups is 1. The molecule has 0 aliphatic rings. The van der Waals surface area contributed by atoms with Crippen molar-refractivity contribution >= 4 is 11.6 Å². The van der Waals surface area contributed by atoms with Crippen LogP contribution < -0.4 is 5.32 Å². The van der Waals surface area contributed by atoms with Crippen LogP contribution in [0.4, 0.5) is 18.9 Å². The minimum atomic E-state index is -1.32. The smallest absolute Gasteiger partial charge is 0.307 e. The quantitative estimate of drug-likeness (QED) is 0.517. The van der Waals surface area contributed by atoms with Crippen LogP contribution in [0.2, 0.25) is 0 Å². The van der Waals surface area contributed by atoms with Crippen molar-refractivity contribution in [2.24, 2.45) is 0 Å². The summed E-state index contributed by atoms with van der Waals surface area (Å²) >= 11 is 0. The van der Waals surface area contributed by atoms with Gasteiger partial charge in [-0.1, -0.05) is 42.5 Å². The Morgan fingerprint density at radius 2 is 1.50 bits per heavy atom. The van der Waals surface area contributed by atoms with E-state index in [-0.39, 0.29) is 0 Å². The summed E-state index contributed by atoms with van der Waals surface area (Å²) in [7, 11) is 0. The molecule has 1 N–H and O–H groups in total. The summed E-state index contributed by atoms with van der Waals surface area (Å²) in [5.41, 5.74) is -0.590. The van der Waals surface area contributed by atoms with E-state index in [2.05, 4.69) is 5.32 Å². The Labute approximate surface area is 157 Å². The van der Waals surface area contributed by atoms with Gasteiger partial charge in [0.2, 0.25) is 5.82 Å². The van der Waals surface area contributed by atoms with Gasteiger partial charge in [-0.15, -0.1) is 0 Å². The minimum Gasteiger partial charge on any atom is -0.341 e. The van der Waals surface area contributed by atoms with E-state index in [1.165, 1.54) is 24.3 Å². The van der Waals surface area contributed by atoms with Crippen LogP contribution >= 0.6 is 0 Å². The molecule has 0 heterocycles. The third-order valence-electron chi connectivity index (χ3n) is 4.09. The molecule has 0 aromatic heterocycles. The molecule has 28 heavy (non-hydrogen) atoms. The Morgan fingerprint density at radius 1 is 0.893 bits per heavy atom. The zero-order chi connectivity index (χ0) is 20.3. The molecule has 5 nitrogen and oxygen atoms in total. The van der Waals surface area contributed by atoms with Gasteiger partial charge >= 0.3 is 5.69 Å². The summed E-state index contributed by atoms with van der Waals surface area (Å²) < 4.78 is 41.3. The van der Waals surface area contributed by atoms with Gasteiger partial charge in [0.1, 0.15) is 11.6 Å². The van der Waals surface area contributed by atoms with Crippen molar-refractivity contribution in [2.45, 2.75) is 6.04 Å². The van der Waals surface area contributed by atoms with Gasteiger partial charge in [0.25, 0.3) is 5.91 Å². The molecular weight excluding hydrogens is 373 g/mol. The van der Waals surface area contributed by atoms with Gasteiger partial charge in [0.15, 0.2) is 0 Å². The fourth-order valence-corrected chi connectivity index (χ4v) is 2.72. The molecule has 0 saturated carbocycles. The highest BCUT2D eigenvalue weighted by molar-refractivity contribution is 5.95. The summed E-state index contributed by atoms with van der Waals surface area (Å²) in [5.74, 6) is -3.99. The molecule has 0 fully saturated rings. The maximum atomic E-state index is 14.2. The van der Waals surface area contributed by atoms with Crippen LogP contribution in [0.5, 0.6) is 0 Å². The number of halogens is 3. The summed E-state index contributed by atoms with van der Waals surface area (Å²) in [6, 6.07) is 14.0. The molecule has 0 unspecified atom stereocenters. The van der Waals surface area contributed by atoms with E-state index in [1.807, 2.05) is 0 Å². The van der Waals surface area contributed by atoms with Crippen LogP contribution in [-0.4, -0.2) is 10.8 Å². The maximum Gasteiger partial charge on any atom is 0.307 e. The number of carbonyl (C=O) groups excluding carboxylic acids is 1. The number of nitro groups is 1. The average Bonchev–Trinajstić information content (AvgIpc) is 2.68. The predicted molar refractivity (Wildman–Crippen MR) is 95.2 cm³/mol. The Kier molecular flexibility index (Phi) is 5.39. The lowest BCUT2D eigenvalue weighted by Gasteiger charge is -2.20. The molecule has 0 saturated heterocycles. The number of benzene rings is 3. The standard InChI is InChI=1S/C20H13F3N2O3/c21-14-8-6-13(7-9-14)19(12-4-2-1-3-5-12)24-20(26)15-10-17(23)18(25(27)28)11-16(15)22/h1-11,19H,(H,24,26)/t19-/m0/s1. The Bertz CT molecular complexity index is 1020. The van der Waals surface area contributed by atoms with Crippen molar-refractivity contribution < 1.29 is 22.9 Å². The molecule has 0 aliphatic heterocycles. The largest absolute Gasteiger partial charge is 0.341 e. The molecule has 0 aliphatic carbocycles. The topological polar surface area (TPSA) is 72.2 Å². The van der Waals surface area contributed by atoms with Gasteiger partial charge in [-0.3, -0.25) is 14.9 Å². The van der Waals surface area contributed by atoms with Gasteiger partial charge in [0.05, 0.1) is 22.6 Å². The fraction of sp³-hybridized carbons (Fsp3) is 0.0500. The van der Waals surface area contributed by atoms with E-state index in [0.717, 1.165) is 0 Å². The number of hydrogen-bond donors (Lipinski definition) is 1. The summed E-state index contributed by atoms with van der Waals surface area (Å²) in [6.45, 7) is 0. The second-order valence-electron chi connectivity index (χ2n) is 5.91. The van der Waals surface area contributed by atoms with Gasteiger partial charge in [-0.25, -0.2) is 8.78 Å². The number of nitrogens with one attached hydrogen (secondary N) is 1. The van der Waals surface area contributed by atoms with E-state index in [0.29, 0.717) is 23.3 Å². The monoisotopic (exact) mass is 386 g/mol. The first-order valence-electron chi connectivity index (χ1n) is 8.11. The highest BCUT2D eigenvalue weighted by Gasteiger charge is 2.24. The number of rotatable bonds is 5. The molecule has 0 radical (unpaired) electrons. The van der Waals surface area contributed by atoms with Crippen molar-refractivity contribution in [3.8, 4) is 0 Å². The third kappa shape index (κ3) is 4.01. The molecule has 142 valence electrons. The van der Waals surface area contributed by atoms with Gasteiger partial charge in [0, 0.05) is 0 Å². The van der Waals surface area contributed by atoms with E-state index >= 15 is 0 Å². The second kappa shape index (κ2) is 7.91. The summed E-state index contributed by atoms with van der Waals surface area (Å²) in [5, 5.41) is 13.3. The summed E-state index contributed by atoms with van der Waals surface area (Å²) in [4.78, 5) is 22.2. The minimum absolute atomic E-state index is 0.361. The number of nitro benzene ring substituents is 1. The molecule has 8 heteroatoms. The first-order chi connectivity index (χ1) is 13.4. The van der Waals surface area contributed by atoms with E-state index in [1.54, 1.807) is 30.3 Å². The molecule has 3 aromatic rings. The van der Waals surface area contributed by atoms with Gasteiger partial charge in [-0.2, -0.15) is 4.39 Å². The summed E-state index contributed by atoms with van der Waals surface area (Å²) in [6.07, 6.45) is 0. The predicted octanol–water partition coefficient (Wildman–Crippen LogP) is 4.53. The van der Waals surface area contributed by atoms with Crippen LogP contribution in [0, 0.1) is 27.6 Å². The number of nitrogens with zero attached hydrogens (tertiary/aromatic N) is 1. The fourth-order valence-electron chi connectivity index (χ4n) is 2.72. The second-order valence-corrected chi connectivity index (χ2v) is 5.91. The van der Waals surface area contributed by atoms with Crippen molar-refractivity contribution in [1.29, 1.82) is 0 Å². The number of amides is 1. The van der Waals surface area contributed by atoms with Crippen molar-refractivity contribution in [1.82, 2.24) is 5.32 Å². The first kappa shape index (κ1) is 19.1. The molecule has 0 spiro atoms. The zero-order valence-electron chi connectivity index (χ0n) is 14.2. The van der Waals surface area contributed by atoms with Crippen LogP contribution in [0.3, 0.4) is 0 Å². The molecule has 1 amide bonds. The Hall–Kier alpha value is -3.68. The highest BCUT2D eigenvalue weighted by atomic mass is 19.1. The lowest BCUT2D eigenvalue weighted by Crippen LogP contribution is -2.30. The van der Waals surface area contributed by atoms with Gasteiger partial charge < -0.3 is 5.32 Å². The maximum absolute atomic E-state index is 14.2. The molecule has 1 atom stereocenters. The zero-order valence-corrected chi connectivity index (χ0v) is 14.2. The van der Waals surface area contributed by atoms with E-state index in [4.69, 9.17) is 0 Å². The highest BCUT2D eigenvalue weighted by Crippen LogP contribution is 2.25. The van der Waals surface area contributed by atoms with Crippen LogP contribution in [0.25, 0.3) is 0 Å². The first-order valence-corrected chi connectivity index (χ1v) is 8.11. The molecular formula is C20H13F3N2O3. The molecule has 3 aromatic carbocycles. The average molecular weight is 386 g/mol. The molecule has 0 bridgehead atoms. The Morgan fingerprint density at radius 3 is 2.11 bits per heavy atom. The SMILES string of the molecule is O=C(N[C@@H](c1ccccc1)c1ccc(F)cc1)c1cc(F)c([N+](=O)[O-])cc1F. The van der Waals surface area contributed by atoms with Gasteiger partial charge in [-0.05, 0) is 29.3 Å². The normalized spacial score (nSPS) is 11.7. The number of hydrogen-bond acceptors (Lipinski definition) is 3. The Balaban J connectivity index is 1.97. The van der Waals surface area contributed by atoms with Crippen LogP contribution in [0.1, 0.15) is 27.5 Å².